The summed E-state index contributed by atoms with van der Waals surface area (Å²) in [6.45, 7) is 0.395. The van der Waals surface area contributed by atoms with E-state index >= 15 is 0 Å². The number of benzene rings is 1. The highest BCUT2D eigenvalue weighted by atomic mass is 35.5. The molecule has 3 heterocycles. The largest absolute Gasteiger partial charge is 0.493 e. The zero-order valence-corrected chi connectivity index (χ0v) is 17.7. The fraction of sp³-hybridized carbons (Fsp3) is 0.136. The number of anilines is 1. The molecular formula is C22H20ClN5O3. The van der Waals surface area contributed by atoms with Crippen molar-refractivity contribution in [3.63, 3.8) is 0 Å². The molecule has 31 heavy (non-hydrogen) atoms. The summed E-state index contributed by atoms with van der Waals surface area (Å²) in [6.07, 6.45) is 6.49. The molecule has 0 radical (unpaired) electrons. The number of carbonyl (C=O) groups is 1. The van der Waals surface area contributed by atoms with Gasteiger partial charge < -0.3 is 14.8 Å². The second-order valence-electron chi connectivity index (χ2n) is 6.57. The Morgan fingerprint density at radius 2 is 2.03 bits per heavy atom. The molecule has 4 rings (SSSR count). The lowest BCUT2D eigenvalue weighted by Gasteiger charge is -2.14. The summed E-state index contributed by atoms with van der Waals surface area (Å²) in [5, 5.41) is 7.47. The number of pyridine rings is 1. The van der Waals surface area contributed by atoms with Gasteiger partial charge in [-0.25, -0.2) is 9.67 Å². The van der Waals surface area contributed by atoms with Crippen LogP contribution in [0.1, 0.15) is 11.3 Å². The first-order chi connectivity index (χ1) is 15.1. The minimum Gasteiger partial charge on any atom is -0.493 e. The second kappa shape index (κ2) is 8.93. The Morgan fingerprint density at radius 3 is 2.84 bits per heavy atom. The number of nitrogens with zero attached hydrogens (tertiary/aromatic N) is 4. The SMILES string of the molecule is COc1cccc(Cn2nccc2NC(=O)/C=C/c2c(Cl)nc3ccccn23)c1OC. The van der Waals surface area contributed by atoms with Crippen LogP contribution in [0.15, 0.2) is 60.9 Å². The zero-order chi connectivity index (χ0) is 21.8. The number of imidazole rings is 1. The molecule has 0 aliphatic carbocycles. The van der Waals surface area contributed by atoms with Gasteiger partial charge in [0.25, 0.3) is 0 Å². The predicted octanol–water partition coefficient (Wildman–Crippen LogP) is 3.90. The van der Waals surface area contributed by atoms with Crippen molar-refractivity contribution in [1.82, 2.24) is 19.2 Å². The number of methoxy groups -OCH3 is 2. The minimum absolute atomic E-state index is 0.318. The van der Waals surface area contributed by atoms with Gasteiger partial charge in [0.15, 0.2) is 16.7 Å². The van der Waals surface area contributed by atoms with Crippen LogP contribution < -0.4 is 14.8 Å². The molecule has 158 valence electrons. The molecule has 8 nitrogen and oxygen atoms in total. The lowest BCUT2D eigenvalue weighted by Crippen LogP contribution is -2.14. The Balaban J connectivity index is 1.52. The van der Waals surface area contributed by atoms with Crippen LogP contribution in [-0.2, 0) is 11.3 Å². The summed E-state index contributed by atoms with van der Waals surface area (Å²) >= 11 is 6.21. The van der Waals surface area contributed by atoms with Crippen molar-refractivity contribution in [3.8, 4) is 11.5 Å². The molecule has 1 N–H and O–H groups in total. The zero-order valence-electron chi connectivity index (χ0n) is 16.9. The van der Waals surface area contributed by atoms with Gasteiger partial charge in [-0.2, -0.15) is 5.10 Å². The number of carbonyl (C=O) groups excluding carboxylic acids is 1. The lowest BCUT2D eigenvalue weighted by molar-refractivity contribution is -0.111. The maximum atomic E-state index is 12.5. The van der Waals surface area contributed by atoms with Crippen LogP contribution in [0.3, 0.4) is 0 Å². The number of rotatable bonds is 7. The summed E-state index contributed by atoms with van der Waals surface area (Å²) in [6, 6.07) is 12.9. The van der Waals surface area contributed by atoms with E-state index in [-0.39, 0.29) is 5.91 Å². The fourth-order valence-corrected chi connectivity index (χ4v) is 3.50. The Kier molecular flexibility index (Phi) is 5.90. The molecule has 0 atom stereocenters. The van der Waals surface area contributed by atoms with Gasteiger partial charge in [-0.1, -0.05) is 29.8 Å². The molecule has 4 aromatic rings. The normalized spacial score (nSPS) is 11.2. The van der Waals surface area contributed by atoms with Crippen molar-refractivity contribution in [2.75, 3.05) is 19.5 Å². The summed E-state index contributed by atoms with van der Waals surface area (Å²) in [5.41, 5.74) is 2.20. The number of ether oxygens (including phenoxy) is 2. The second-order valence-corrected chi connectivity index (χ2v) is 6.92. The van der Waals surface area contributed by atoms with E-state index in [1.807, 2.05) is 47.0 Å². The van der Waals surface area contributed by atoms with Crippen LogP contribution >= 0.6 is 11.6 Å². The first-order valence-corrected chi connectivity index (χ1v) is 9.82. The predicted molar refractivity (Wildman–Crippen MR) is 119 cm³/mol. The summed E-state index contributed by atoms with van der Waals surface area (Å²) in [5.74, 6) is 1.48. The standard InChI is InChI=1S/C22H20ClN5O3/c1-30-17-7-5-6-15(21(17)31-2)14-28-19(11-12-24-28)25-20(29)10-9-16-22(23)26-18-8-3-4-13-27(16)18/h3-13H,14H2,1-2H3,(H,25,29)/b10-9+. The van der Waals surface area contributed by atoms with E-state index in [4.69, 9.17) is 21.1 Å². The quantitative estimate of drug-likeness (QED) is 0.443. The number of para-hydroxylation sites is 1. The van der Waals surface area contributed by atoms with E-state index in [9.17, 15) is 4.79 Å². The van der Waals surface area contributed by atoms with Crippen LogP contribution in [0.4, 0.5) is 5.82 Å². The van der Waals surface area contributed by atoms with Gasteiger partial charge >= 0.3 is 0 Å². The molecule has 9 heteroatoms. The molecule has 0 fully saturated rings. The maximum Gasteiger partial charge on any atom is 0.249 e. The fourth-order valence-electron chi connectivity index (χ4n) is 3.26. The van der Waals surface area contributed by atoms with Gasteiger partial charge in [-0.3, -0.25) is 9.20 Å². The Hall–Kier alpha value is -3.78. The van der Waals surface area contributed by atoms with E-state index < -0.39 is 0 Å². The molecule has 0 aliphatic heterocycles. The third kappa shape index (κ3) is 4.24. The van der Waals surface area contributed by atoms with Crippen LogP contribution in [0.5, 0.6) is 11.5 Å². The minimum atomic E-state index is -0.318. The molecule has 3 aromatic heterocycles. The molecule has 0 saturated carbocycles. The van der Waals surface area contributed by atoms with Gasteiger partial charge in [-0.05, 0) is 24.3 Å². The van der Waals surface area contributed by atoms with E-state index in [1.54, 1.807) is 37.2 Å². The Labute approximate surface area is 183 Å². The van der Waals surface area contributed by atoms with E-state index in [1.165, 1.54) is 6.08 Å². The lowest BCUT2D eigenvalue weighted by atomic mass is 10.2. The summed E-state index contributed by atoms with van der Waals surface area (Å²) in [7, 11) is 3.17. The number of amides is 1. The van der Waals surface area contributed by atoms with Crippen LogP contribution in [0.2, 0.25) is 5.15 Å². The van der Waals surface area contributed by atoms with Crippen molar-refractivity contribution in [3.05, 3.63) is 77.3 Å². The summed E-state index contributed by atoms with van der Waals surface area (Å²) in [4.78, 5) is 16.8. The molecule has 0 saturated heterocycles. The number of nitrogens with one attached hydrogen (secondary N) is 1. The Morgan fingerprint density at radius 1 is 1.16 bits per heavy atom. The van der Waals surface area contributed by atoms with Gasteiger partial charge in [0.2, 0.25) is 5.91 Å². The Bertz CT molecular complexity index is 1260. The third-order valence-corrected chi connectivity index (χ3v) is 4.97. The smallest absolute Gasteiger partial charge is 0.249 e. The average molecular weight is 438 g/mol. The molecule has 0 bridgehead atoms. The van der Waals surface area contributed by atoms with Gasteiger partial charge in [0.1, 0.15) is 11.5 Å². The highest BCUT2D eigenvalue weighted by Crippen LogP contribution is 2.31. The van der Waals surface area contributed by atoms with Gasteiger partial charge in [0, 0.05) is 23.9 Å². The third-order valence-electron chi connectivity index (χ3n) is 4.69. The van der Waals surface area contributed by atoms with Crippen LogP contribution in [0.25, 0.3) is 11.7 Å². The first-order valence-electron chi connectivity index (χ1n) is 9.44. The molecule has 0 unspecified atom stereocenters. The first kappa shape index (κ1) is 20.5. The summed E-state index contributed by atoms with van der Waals surface area (Å²) < 4.78 is 14.3. The van der Waals surface area contributed by atoms with Gasteiger partial charge in [-0.15, -0.1) is 0 Å². The maximum absolute atomic E-state index is 12.5. The molecular weight excluding hydrogens is 418 g/mol. The van der Waals surface area contributed by atoms with E-state index in [0.29, 0.717) is 40.4 Å². The van der Waals surface area contributed by atoms with Crippen molar-refractivity contribution < 1.29 is 14.3 Å². The van der Waals surface area contributed by atoms with Crippen LogP contribution in [-0.4, -0.2) is 39.3 Å². The highest BCUT2D eigenvalue weighted by Gasteiger charge is 2.13. The topological polar surface area (TPSA) is 82.7 Å². The number of hydrogen-bond acceptors (Lipinski definition) is 5. The number of aromatic nitrogens is 4. The van der Waals surface area contributed by atoms with Crippen molar-refractivity contribution in [2.24, 2.45) is 0 Å². The molecule has 0 spiro atoms. The number of hydrogen-bond donors (Lipinski definition) is 1. The monoisotopic (exact) mass is 437 g/mol. The number of halogens is 1. The molecule has 1 aromatic carbocycles. The highest BCUT2D eigenvalue weighted by molar-refractivity contribution is 6.31. The molecule has 1 amide bonds. The van der Waals surface area contributed by atoms with Crippen molar-refractivity contribution in [2.45, 2.75) is 6.54 Å². The van der Waals surface area contributed by atoms with Crippen molar-refractivity contribution >= 4 is 35.0 Å². The van der Waals surface area contributed by atoms with Gasteiger partial charge in [0.05, 0.1) is 32.7 Å². The van der Waals surface area contributed by atoms with E-state index in [0.717, 1.165) is 5.56 Å². The van der Waals surface area contributed by atoms with Crippen LogP contribution in [0, 0.1) is 0 Å². The average Bonchev–Trinajstić information content (AvgIpc) is 3.34. The van der Waals surface area contributed by atoms with E-state index in [2.05, 4.69) is 15.4 Å². The number of fused-ring (bicyclic) bond motifs is 1. The molecule has 0 aliphatic rings. The van der Waals surface area contributed by atoms with Crippen molar-refractivity contribution in [1.29, 1.82) is 0 Å².